The zero-order valence-electron chi connectivity index (χ0n) is 7.40. The third kappa shape index (κ3) is 2.43. The first-order valence-corrected chi connectivity index (χ1v) is 4.08. The van der Waals surface area contributed by atoms with Crippen molar-refractivity contribution in [1.82, 2.24) is 10.2 Å². The van der Waals surface area contributed by atoms with Gasteiger partial charge in [0.05, 0.1) is 0 Å². The first-order chi connectivity index (χ1) is 6.50. The SMILES string of the molecule is NC(CCN1CC(=O)NC1=O)C(=O)O. The number of carboxylic acids is 1. The topological polar surface area (TPSA) is 113 Å². The van der Waals surface area contributed by atoms with E-state index in [1.807, 2.05) is 0 Å². The summed E-state index contributed by atoms with van der Waals surface area (Å²) in [6, 6.07) is -1.49. The second-order valence-electron chi connectivity index (χ2n) is 3.01. The van der Waals surface area contributed by atoms with Gasteiger partial charge in [-0.25, -0.2) is 4.79 Å². The number of hydrogen-bond acceptors (Lipinski definition) is 4. The molecular weight excluding hydrogens is 190 g/mol. The van der Waals surface area contributed by atoms with Gasteiger partial charge in [0.1, 0.15) is 12.6 Å². The van der Waals surface area contributed by atoms with Crippen LogP contribution in [0.5, 0.6) is 0 Å². The van der Waals surface area contributed by atoms with E-state index >= 15 is 0 Å². The van der Waals surface area contributed by atoms with Crippen LogP contribution in [0.25, 0.3) is 0 Å². The van der Waals surface area contributed by atoms with E-state index < -0.39 is 18.0 Å². The summed E-state index contributed by atoms with van der Waals surface area (Å²) in [5.41, 5.74) is 5.23. The van der Waals surface area contributed by atoms with Gasteiger partial charge in [0.2, 0.25) is 5.91 Å². The van der Waals surface area contributed by atoms with Crippen LogP contribution in [0.4, 0.5) is 4.79 Å². The molecule has 0 radical (unpaired) electrons. The second-order valence-corrected chi connectivity index (χ2v) is 3.01. The van der Waals surface area contributed by atoms with Crippen LogP contribution in [-0.4, -0.2) is 47.0 Å². The van der Waals surface area contributed by atoms with E-state index in [9.17, 15) is 14.4 Å². The van der Waals surface area contributed by atoms with Crippen LogP contribution in [0, 0.1) is 0 Å². The van der Waals surface area contributed by atoms with Crippen molar-refractivity contribution in [3.8, 4) is 0 Å². The molecule has 0 aromatic rings. The van der Waals surface area contributed by atoms with Gasteiger partial charge in [-0.3, -0.25) is 14.9 Å². The number of rotatable bonds is 4. The first kappa shape index (κ1) is 10.5. The van der Waals surface area contributed by atoms with E-state index in [0.29, 0.717) is 0 Å². The molecule has 1 rings (SSSR count). The fourth-order valence-corrected chi connectivity index (χ4v) is 1.08. The third-order valence-corrected chi connectivity index (χ3v) is 1.90. The summed E-state index contributed by atoms with van der Waals surface area (Å²) in [5.74, 6) is -1.49. The summed E-state index contributed by atoms with van der Waals surface area (Å²) in [6.45, 7) is 0.149. The van der Waals surface area contributed by atoms with Crippen molar-refractivity contribution in [2.45, 2.75) is 12.5 Å². The predicted octanol–water partition coefficient (Wildman–Crippen LogP) is -1.66. The van der Waals surface area contributed by atoms with Gasteiger partial charge in [0.15, 0.2) is 0 Å². The number of hydrogen-bond donors (Lipinski definition) is 3. The van der Waals surface area contributed by atoms with Gasteiger partial charge >= 0.3 is 12.0 Å². The van der Waals surface area contributed by atoms with Gasteiger partial charge in [-0.15, -0.1) is 0 Å². The zero-order valence-corrected chi connectivity index (χ0v) is 7.40. The van der Waals surface area contributed by atoms with E-state index in [2.05, 4.69) is 5.32 Å². The molecule has 1 atom stereocenters. The molecular formula is C7H11N3O4. The van der Waals surface area contributed by atoms with Crippen molar-refractivity contribution in [3.05, 3.63) is 0 Å². The normalized spacial score (nSPS) is 18.2. The molecule has 7 nitrogen and oxygen atoms in total. The number of aliphatic carboxylic acids is 1. The molecule has 1 heterocycles. The standard InChI is InChI=1S/C7H11N3O4/c8-4(6(12)13)1-2-10-3-5(11)9-7(10)14/h4H,1-3,8H2,(H,12,13)(H,9,11,14). The fraction of sp³-hybridized carbons (Fsp3) is 0.571. The quantitative estimate of drug-likeness (QED) is 0.471. The number of nitrogens with one attached hydrogen (secondary N) is 1. The fourth-order valence-electron chi connectivity index (χ4n) is 1.08. The maximum atomic E-state index is 11.0. The molecule has 7 heteroatoms. The Balaban J connectivity index is 2.35. The Morgan fingerprint density at radius 1 is 1.64 bits per heavy atom. The molecule has 14 heavy (non-hydrogen) atoms. The summed E-state index contributed by atoms with van der Waals surface area (Å²) in [6.07, 6.45) is 0.135. The highest BCUT2D eigenvalue weighted by molar-refractivity contribution is 6.01. The predicted molar refractivity (Wildman–Crippen MR) is 45.3 cm³/mol. The van der Waals surface area contributed by atoms with Gasteiger partial charge in [-0.05, 0) is 6.42 Å². The summed E-state index contributed by atoms with van der Waals surface area (Å²) < 4.78 is 0. The minimum atomic E-state index is -1.11. The van der Waals surface area contributed by atoms with Gasteiger partial charge in [-0.1, -0.05) is 0 Å². The second kappa shape index (κ2) is 4.05. The Morgan fingerprint density at radius 2 is 2.29 bits per heavy atom. The van der Waals surface area contributed by atoms with Crippen molar-refractivity contribution in [1.29, 1.82) is 0 Å². The number of carboxylic acid groups (broad SMARTS) is 1. The summed E-state index contributed by atoms with van der Waals surface area (Å²) in [7, 11) is 0. The maximum Gasteiger partial charge on any atom is 0.324 e. The molecule has 1 aliphatic heterocycles. The molecule has 0 aliphatic carbocycles. The summed E-state index contributed by atoms with van der Waals surface area (Å²) in [4.78, 5) is 33.3. The van der Waals surface area contributed by atoms with Crippen LogP contribution in [0.15, 0.2) is 0 Å². The van der Waals surface area contributed by atoms with Gasteiger partial charge < -0.3 is 15.7 Å². The Morgan fingerprint density at radius 3 is 2.71 bits per heavy atom. The van der Waals surface area contributed by atoms with Crippen molar-refractivity contribution in [2.75, 3.05) is 13.1 Å². The average molecular weight is 201 g/mol. The third-order valence-electron chi connectivity index (χ3n) is 1.90. The molecule has 0 aromatic carbocycles. The zero-order chi connectivity index (χ0) is 10.7. The van der Waals surface area contributed by atoms with Crippen molar-refractivity contribution >= 4 is 17.9 Å². The monoisotopic (exact) mass is 201 g/mol. The molecule has 4 N–H and O–H groups in total. The lowest BCUT2D eigenvalue weighted by Gasteiger charge is -2.14. The highest BCUT2D eigenvalue weighted by atomic mass is 16.4. The lowest BCUT2D eigenvalue weighted by atomic mass is 10.2. The largest absolute Gasteiger partial charge is 0.480 e. The van der Waals surface area contributed by atoms with Gasteiger partial charge in [0, 0.05) is 6.54 Å². The van der Waals surface area contributed by atoms with E-state index in [0.717, 1.165) is 0 Å². The van der Waals surface area contributed by atoms with Crippen molar-refractivity contribution < 1.29 is 19.5 Å². The smallest absolute Gasteiger partial charge is 0.324 e. The Bertz CT molecular complexity index is 278. The Kier molecular flexibility index (Phi) is 3.03. The maximum absolute atomic E-state index is 11.0. The van der Waals surface area contributed by atoms with Gasteiger partial charge in [0.25, 0.3) is 0 Å². The summed E-state index contributed by atoms with van der Waals surface area (Å²) >= 11 is 0. The number of nitrogens with two attached hydrogens (primary N) is 1. The molecule has 3 amide bonds. The molecule has 1 unspecified atom stereocenters. The number of nitrogens with zero attached hydrogens (tertiary/aromatic N) is 1. The number of urea groups is 1. The van der Waals surface area contributed by atoms with E-state index in [1.165, 1.54) is 4.90 Å². The van der Waals surface area contributed by atoms with Crippen molar-refractivity contribution in [2.24, 2.45) is 5.73 Å². The lowest BCUT2D eigenvalue weighted by Crippen LogP contribution is -2.36. The van der Waals surface area contributed by atoms with Crippen molar-refractivity contribution in [3.63, 3.8) is 0 Å². The van der Waals surface area contributed by atoms with Crippen LogP contribution in [0.3, 0.4) is 0 Å². The molecule has 78 valence electrons. The van der Waals surface area contributed by atoms with E-state index in [1.54, 1.807) is 0 Å². The number of carbonyl (C=O) groups is 3. The number of amides is 3. The molecule has 0 spiro atoms. The van der Waals surface area contributed by atoms with E-state index in [4.69, 9.17) is 10.8 Å². The molecule has 0 aromatic heterocycles. The van der Waals surface area contributed by atoms with Crippen LogP contribution in [0.1, 0.15) is 6.42 Å². The van der Waals surface area contributed by atoms with Crippen LogP contribution < -0.4 is 11.1 Å². The van der Waals surface area contributed by atoms with Crippen LogP contribution >= 0.6 is 0 Å². The first-order valence-electron chi connectivity index (χ1n) is 4.08. The van der Waals surface area contributed by atoms with E-state index in [-0.39, 0.29) is 25.4 Å². The molecule has 1 fully saturated rings. The minimum absolute atomic E-state index is 0.0226. The molecule has 1 aliphatic rings. The average Bonchev–Trinajstić information content (AvgIpc) is 2.40. The minimum Gasteiger partial charge on any atom is -0.480 e. The molecule has 0 bridgehead atoms. The Hall–Kier alpha value is -1.63. The lowest BCUT2D eigenvalue weighted by molar-refractivity contribution is -0.138. The Labute approximate surface area is 79.9 Å². The highest BCUT2D eigenvalue weighted by Crippen LogP contribution is 2.00. The number of carbonyl (C=O) groups excluding carboxylic acids is 2. The van der Waals surface area contributed by atoms with Crippen LogP contribution in [0.2, 0.25) is 0 Å². The van der Waals surface area contributed by atoms with Crippen LogP contribution in [-0.2, 0) is 9.59 Å². The summed E-state index contributed by atoms with van der Waals surface area (Å²) in [5, 5.41) is 10.5. The molecule has 0 saturated carbocycles. The highest BCUT2D eigenvalue weighted by Gasteiger charge is 2.27. The number of imide groups is 1. The van der Waals surface area contributed by atoms with Gasteiger partial charge in [-0.2, -0.15) is 0 Å². The molecule has 1 saturated heterocycles.